The third-order valence-corrected chi connectivity index (χ3v) is 9.52. The number of ether oxygens (including phenoxy) is 1. The van der Waals surface area contributed by atoms with Crippen molar-refractivity contribution in [1.29, 1.82) is 0 Å². The highest BCUT2D eigenvalue weighted by Crippen LogP contribution is 2.62. The Bertz CT molecular complexity index is 1940. The van der Waals surface area contributed by atoms with Crippen LogP contribution in [0.15, 0.2) is 102 Å². The number of hydrogen-bond acceptors (Lipinski definition) is 7. The van der Waals surface area contributed by atoms with Gasteiger partial charge in [0.1, 0.15) is 17.2 Å². The molecule has 0 saturated carbocycles. The Morgan fingerprint density at radius 1 is 0.955 bits per heavy atom. The van der Waals surface area contributed by atoms with Gasteiger partial charge in [0.25, 0.3) is 5.69 Å². The molecular weight excluding hydrogens is 626 g/mol. The number of carbonyl (C=O) groups is 3. The van der Waals surface area contributed by atoms with E-state index in [0.29, 0.717) is 27.0 Å². The van der Waals surface area contributed by atoms with E-state index in [4.69, 9.17) is 4.74 Å². The van der Waals surface area contributed by atoms with Crippen LogP contribution in [0.25, 0.3) is 6.08 Å². The minimum atomic E-state index is -1.54. The molecule has 3 aliphatic heterocycles. The number of nitro groups is 1. The third kappa shape index (κ3) is 3.87. The van der Waals surface area contributed by atoms with E-state index < -0.39 is 40.0 Å². The molecule has 9 nitrogen and oxygen atoms in total. The molecule has 1 amide bonds. The standard InChI is InChI=1S/C34H24BrN3O6/c1-44-27-14-13-21(18-25(27)35)31(40)29-28(30(39)20-8-6-9-22(17-20)38(42)43)34(24-11-4-5-12-26(24)36-33(34)41)32-23-10-3-2-7-19(23)15-16-37(29)32/h2-18,28-29,32H,1H3,(H,36,41)/t28-,29-,32+,34+/m0/s1. The fourth-order valence-corrected chi connectivity index (χ4v) is 7.65. The lowest BCUT2D eigenvalue weighted by molar-refractivity contribution is -0.384. The Kier molecular flexibility index (Phi) is 6.47. The Hall–Kier alpha value is -5.09. The number of hydrogen-bond donors (Lipinski definition) is 1. The van der Waals surface area contributed by atoms with Gasteiger partial charge in [0.15, 0.2) is 11.6 Å². The van der Waals surface area contributed by atoms with Crippen LogP contribution < -0.4 is 10.1 Å². The summed E-state index contributed by atoms with van der Waals surface area (Å²) in [6, 6.07) is 23.3. The zero-order chi connectivity index (χ0) is 30.7. The van der Waals surface area contributed by atoms with Crippen LogP contribution in [-0.2, 0) is 10.2 Å². The van der Waals surface area contributed by atoms with Gasteiger partial charge in [-0.3, -0.25) is 24.5 Å². The lowest BCUT2D eigenvalue weighted by Gasteiger charge is -2.38. The van der Waals surface area contributed by atoms with Crippen LogP contribution in [0.4, 0.5) is 11.4 Å². The van der Waals surface area contributed by atoms with Crippen LogP contribution in [0.3, 0.4) is 0 Å². The van der Waals surface area contributed by atoms with Crippen molar-refractivity contribution in [2.45, 2.75) is 17.5 Å². The number of para-hydroxylation sites is 1. The van der Waals surface area contributed by atoms with E-state index in [9.17, 15) is 24.5 Å². The molecule has 4 atom stereocenters. The first-order valence-corrected chi connectivity index (χ1v) is 14.7. The van der Waals surface area contributed by atoms with Crippen LogP contribution >= 0.6 is 15.9 Å². The summed E-state index contributed by atoms with van der Waals surface area (Å²) >= 11 is 3.47. The van der Waals surface area contributed by atoms with Gasteiger partial charge in [-0.2, -0.15) is 0 Å². The molecule has 7 rings (SSSR count). The first kappa shape index (κ1) is 27.7. The number of Topliss-reactive ketones (excluding diaryl/α,β-unsaturated/α-hetero) is 2. The minimum Gasteiger partial charge on any atom is -0.496 e. The van der Waals surface area contributed by atoms with Crippen molar-refractivity contribution in [2.24, 2.45) is 5.92 Å². The highest BCUT2D eigenvalue weighted by Gasteiger charge is 2.70. The summed E-state index contributed by atoms with van der Waals surface area (Å²) < 4.78 is 5.92. The Morgan fingerprint density at radius 3 is 2.48 bits per heavy atom. The summed E-state index contributed by atoms with van der Waals surface area (Å²) in [6.45, 7) is 0. The van der Waals surface area contributed by atoms with Crippen molar-refractivity contribution in [3.05, 3.63) is 140 Å². The lowest BCUT2D eigenvalue weighted by atomic mass is 9.62. The first-order valence-electron chi connectivity index (χ1n) is 13.9. The highest BCUT2D eigenvalue weighted by atomic mass is 79.9. The zero-order valence-corrected chi connectivity index (χ0v) is 24.9. The van der Waals surface area contributed by atoms with E-state index in [1.807, 2.05) is 41.3 Å². The quantitative estimate of drug-likeness (QED) is 0.147. The second-order valence-electron chi connectivity index (χ2n) is 11.0. The molecule has 4 aromatic carbocycles. The molecule has 218 valence electrons. The number of methoxy groups -OCH3 is 1. The Labute approximate surface area is 260 Å². The first-order chi connectivity index (χ1) is 21.3. The van der Waals surface area contributed by atoms with E-state index in [2.05, 4.69) is 21.2 Å². The Balaban J connectivity index is 1.52. The van der Waals surface area contributed by atoms with Crippen LogP contribution in [-0.4, -0.2) is 40.4 Å². The summed E-state index contributed by atoms with van der Waals surface area (Å²) in [7, 11) is 1.52. The second kappa shape index (κ2) is 10.3. The number of nitro benzene ring substituents is 1. The zero-order valence-electron chi connectivity index (χ0n) is 23.3. The van der Waals surface area contributed by atoms with Crippen molar-refractivity contribution in [1.82, 2.24) is 4.90 Å². The predicted octanol–water partition coefficient (Wildman–Crippen LogP) is 6.35. The van der Waals surface area contributed by atoms with E-state index in [1.54, 1.807) is 42.6 Å². The fourth-order valence-electron chi connectivity index (χ4n) is 7.11. The van der Waals surface area contributed by atoms with E-state index in [1.165, 1.54) is 31.4 Å². The van der Waals surface area contributed by atoms with E-state index >= 15 is 0 Å². The molecule has 0 unspecified atom stereocenters. The summed E-state index contributed by atoms with van der Waals surface area (Å²) in [5.74, 6) is -2.04. The maximum Gasteiger partial charge on any atom is 0.270 e. The smallest absolute Gasteiger partial charge is 0.270 e. The number of nitrogens with zero attached hydrogens (tertiary/aromatic N) is 2. The summed E-state index contributed by atoms with van der Waals surface area (Å²) in [5, 5.41) is 14.7. The van der Waals surface area contributed by atoms with Gasteiger partial charge in [-0.25, -0.2) is 0 Å². The summed E-state index contributed by atoms with van der Waals surface area (Å²) in [4.78, 5) is 57.1. The summed E-state index contributed by atoms with van der Waals surface area (Å²) in [5.41, 5.74) is 1.38. The number of anilines is 1. The molecule has 3 heterocycles. The molecule has 44 heavy (non-hydrogen) atoms. The third-order valence-electron chi connectivity index (χ3n) is 8.90. The molecule has 1 N–H and O–H groups in total. The van der Waals surface area contributed by atoms with Gasteiger partial charge in [-0.05, 0) is 63.0 Å². The lowest BCUT2D eigenvalue weighted by Crippen LogP contribution is -2.49. The Morgan fingerprint density at radius 2 is 1.70 bits per heavy atom. The van der Waals surface area contributed by atoms with E-state index in [-0.39, 0.29) is 17.0 Å². The molecule has 4 aromatic rings. The average Bonchev–Trinajstić information content (AvgIpc) is 3.52. The topological polar surface area (TPSA) is 119 Å². The second-order valence-corrected chi connectivity index (χ2v) is 11.8. The number of non-ortho nitro benzene ring substituents is 1. The number of nitrogens with one attached hydrogen (secondary N) is 1. The molecular formula is C34H24BrN3O6. The average molecular weight is 650 g/mol. The molecule has 1 spiro atoms. The molecule has 0 bridgehead atoms. The summed E-state index contributed by atoms with van der Waals surface area (Å²) in [6.07, 6.45) is 3.66. The van der Waals surface area contributed by atoms with Crippen molar-refractivity contribution in [3.8, 4) is 5.75 Å². The van der Waals surface area contributed by atoms with Gasteiger partial charge in [0.2, 0.25) is 5.91 Å². The molecule has 0 aliphatic carbocycles. The number of carbonyl (C=O) groups excluding carboxylic acids is 3. The van der Waals surface area contributed by atoms with Gasteiger partial charge in [0.05, 0.1) is 28.5 Å². The van der Waals surface area contributed by atoms with E-state index in [0.717, 1.165) is 11.1 Å². The van der Waals surface area contributed by atoms with Gasteiger partial charge in [-0.1, -0.05) is 54.6 Å². The minimum absolute atomic E-state index is 0.0478. The molecule has 10 heteroatoms. The van der Waals surface area contributed by atoms with Gasteiger partial charge < -0.3 is 15.0 Å². The predicted molar refractivity (Wildman–Crippen MR) is 167 cm³/mol. The number of benzene rings is 4. The SMILES string of the molecule is COc1ccc(C(=O)[C@@H]2[C@@H](C(=O)c3cccc([N+](=O)[O-])c3)[C@@]3(C(=O)Nc4ccccc43)[C@H]3c4ccccc4C=CN23)cc1Br. The number of ketones is 2. The number of fused-ring (bicyclic) bond motifs is 6. The molecule has 1 fully saturated rings. The van der Waals surface area contributed by atoms with Gasteiger partial charge in [-0.15, -0.1) is 0 Å². The molecule has 0 aromatic heterocycles. The van der Waals surface area contributed by atoms with Gasteiger partial charge >= 0.3 is 0 Å². The van der Waals surface area contributed by atoms with Crippen LogP contribution in [0.1, 0.15) is 43.4 Å². The highest BCUT2D eigenvalue weighted by molar-refractivity contribution is 9.10. The van der Waals surface area contributed by atoms with Crippen LogP contribution in [0, 0.1) is 16.0 Å². The molecule has 0 radical (unpaired) electrons. The number of amides is 1. The maximum atomic E-state index is 14.9. The maximum absolute atomic E-state index is 14.9. The fraction of sp³-hybridized carbons (Fsp3) is 0.147. The molecule has 3 aliphatic rings. The monoisotopic (exact) mass is 649 g/mol. The molecule has 1 saturated heterocycles. The van der Waals surface area contributed by atoms with Crippen LogP contribution in [0.5, 0.6) is 5.75 Å². The van der Waals surface area contributed by atoms with Crippen LogP contribution in [0.2, 0.25) is 0 Å². The van der Waals surface area contributed by atoms with Crippen molar-refractivity contribution in [3.63, 3.8) is 0 Å². The number of halogens is 1. The van der Waals surface area contributed by atoms with Gasteiger partial charge in [0, 0.05) is 35.1 Å². The number of rotatable bonds is 6. The van der Waals surface area contributed by atoms with Crippen molar-refractivity contribution in [2.75, 3.05) is 12.4 Å². The largest absolute Gasteiger partial charge is 0.496 e. The van der Waals surface area contributed by atoms with Crippen molar-refractivity contribution >= 4 is 50.9 Å². The van der Waals surface area contributed by atoms with Crippen molar-refractivity contribution < 1.29 is 24.0 Å². The normalized spacial score (nSPS) is 22.6.